The Morgan fingerprint density at radius 1 is 1.00 bits per heavy atom. The van der Waals surface area contributed by atoms with Gasteiger partial charge in [0.25, 0.3) is 0 Å². The van der Waals surface area contributed by atoms with Gasteiger partial charge in [0, 0.05) is 10.6 Å². The molecule has 0 bridgehead atoms. The van der Waals surface area contributed by atoms with Crippen LogP contribution in [0, 0.1) is 0 Å². The molecule has 0 aliphatic heterocycles. The van der Waals surface area contributed by atoms with E-state index in [1.54, 1.807) is 11.3 Å². The Morgan fingerprint density at radius 2 is 1.64 bits per heavy atom. The van der Waals surface area contributed by atoms with Crippen LogP contribution in [0.5, 0.6) is 0 Å². The number of aliphatic hydroxyl groups is 1. The molecule has 0 radical (unpaired) electrons. The molecule has 5 N–H and O–H groups in total. The van der Waals surface area contributed by atoms with Gasteiger partial charge in [-0.2, -0.15) is 0 Å². The lowest BCUT2D eigenvalue weighted by Crippen LogP contribution is -2.46. The first-order chi connectivity index (χ1) is 13.7. The molecule has 2 aromatic carbocycles. The third kappa shape index (κ3) is 5.50. The minimum atomic E-state index is -0.814. The molecule has 1 atom stereocenters. The number of nitrogens with one attached hydrogen (secondary N) is 2. The van der Waals surface area contributed by atoms with Crippen molar-refractivity contribution in [3.63, 3.8) is 0 Å². The molecule has 28 heavy (non-hydrogen) atoms. The molecular formula is C22H25N3O2S. The van der Waals surface area contributed by atoms with Gasteiger partial charge in [-0.25, -0.2) is 5.43 Å². The van der Waals surface area contributed by atoms with Crippen LogP contribution in [0.15, 0.2) is 66.0 Å². The minimum Gasteiger partial charge on any atom is -0.394 e. The van der Waals surface area contributed by atoms with E-state index in [0.29, 0.717) is 5.69 Å². The molecule has 1 aromatic heterocycles. The Morgan fingerprint density at radius 3 is 2.18 bits per heavy atom. The van der Waals surface area contributed by atoms with Crippen LogP contribution in [0.1, 0.15) is 17.5 Å². The van der Waals surface area contributed by atoms with Crippen molar-refractivity contribution in [3.05, 3.63) is 77.2 Å². The van der Waals surface area contributed by atoms with E-state index in [1.807, 2.05) is 24.3 Å². The van der Waals surface area contributed by atoms with Crippen molar-refractivity contribution >= 4 is 22.9 Å². The lowest BCUT2D eigenvalue weighted by Gasteiger charge is -2.13. The fraction of sp³-hybridized carbons (Fsp3) is 0.227. The summed E-state index contributed by atoms with van der Waals surface area (Å²) in [6, 6.07) is 20.0. The minimum absolute atomic E-state index is 0.352. The van der Waals surface area contributed by atoms with Crippen molar-refractivity contribution in [2.45, 2.75) is 25.3 Å². The monoisotopic (exact) mass is 395 g/mol. The van der Waals surface area contributed by atoms with Crippen molar-refractivity contribution in [2.75, 3.05) is 11.9 Å². The number of carbonyl (C=O) groups is 1. The zero-order valence-electron chi connectivity index (χ0n) is 15.6. The summed E-state index contributed by atoms with van der Waals surface area (Å²) < 4.78 is 0. The maximum atomic E-state index is 11.9. The third-order valence-corrected chi connectivity index (χ3v) is 5.53. The van der Waals surface area contributed by atoms with E-state index in [-0.39, 0.29) is 12.5 Å². The van der Waals surface area contributed by atoms with E-state index in [9.17, 15) is 4.79 Å². The average Bonchev–Trinajstić information content (AvgIpc) is 3.26. The summed E-state index contributed by atoms with van der Waals surface area (Å²) in [5.74, 6) is 4.87. The number of rotatable bonds is 9. The maximum Gasteiger partial charge on any atom is 0.245 e. The van der Waals surface area contributed by atoms with Gasteiger partial charge in [0.1, 0.15) is 6.04 Å². The number of hydrogen-bond acceptors (Lipinski definition) is 5. The van der Waals surface area contributed by atoms with Crippen LogP contribution in [0.4, 0.5) is 5.69 Å². The predicted molar refractivity (Wildman–Crippen MR) is 115 cm³/mol. The second kappa shape index (κ2) is 10.1. The zero-order valence-corrected chi connectivity index (χ0v) is 16.4. The molecule has 146 valence electrons. The molecular weight excluding hydrogens is 370 g/mol. The highest BCUT2D eigenvalue weighted by Gasteiger charge is 2.15. The first kappa shape index (κ1) is 20.2. The van der Waals surface area contributed by atoms with Crippen molar-refractivity contribution in [3.8, 4) is 10.4 Å². The van der Waals surface area contributed by atoms with Crippen LogP contribution in [-0.2, 0) is 17.6 Å². The van der Waals surface area contributed by atoms with Crippen LogP contribution < -0.4 is 16.6 Å². The lowest BCUT2D eigenvalue weighted by molar-refractivity contribution is -0.119. The Hall–Kier alpha value is -2.51. The molecule has 0 saturated heterocycles. The fourth-order valence-electron chi connectivity index (χ4n) is 2.97. The molecule has 0 aliphatic carbocycles. The first-order valence-electron chi connectivity index (χ1n) is 9.29. The molecule has 0 unspecified atom stereocenters. The van der Waals surface area contributed by atoms with E-state index in [0.717, 1.165) is 19.3 Å². The van der Waals surface area contributed by atoms with Crippen molar-refractivity contribution in [1.82, 2.24) is 5.43 Å². The van der Waals surface area contributed by atoms with Crippen LogP contribution in [0.2, 0.25) is 0 Å². The Bertz CT molecular complexity index is 858. The standard InChI is InChI=1S/C22H25N3O2S/c23-25-20(15-26)22(27)24-19-12-8-17(9-13-19)4-1-3-16-6-10-18(11-7-16)21-5-2-14-28-21/h2,5-14,20,25-26H,1,3-4,15,23H2,(H,24,27)/t20-/m0/s1. The largest absolute Gasteiger partial charge is 0.394 e. The van der Waals surface area contributed by atoms with Crippen LogP contribution in [0.25, 0.3) is 10.4 Å². The van der Waals surface area contributed by atoms with E-state index in [1.165, 1.54) is 21.6 Å². The van der Waals surface area contributed by atoms with Crippen LogP contribution >= 0.6 is 11.3 Å². The topological polar surface area (TPSA) is 87.4 Å². The Balaban J connectivity index is 1.46. The Kier molecular flexibility index (Phi) is 7.33. The molecule has 1 heterocycles. The highest BCUT2D eigenvalue weighted by molar-refractivity contribution is 7.13. The van der Waals surface area contributed by atoms with E-state index < -0.39 is 6.04 Å². The quantitative estimate of drug-likeness (QED) is 0.331. The van der Waals surface area contributed by atoms with Gasteiger partial charge < -0.3 is 10.4 Å². The highest BCUT2D eigenvalue weighted by Crippen LogP contribution is 2.25. The normalized spacial score (nSPS) is 11.9. The summed E-state index contributed by atoms with van der Waals surface area (Å²) >= 11 is 1.76. The molecule has 5 nitrogen and oxygen atoms in total. The summed E-state index contributed by atoms with van der Waals surface area (Å²) in [5, 5.41) is 13.9. The second-order valence-electron chi connectivity index (χ2n) is 6.62. The Labute approximate surface area is 169 Å². The number of aryl methyl sites for hydroxylation is 2. The summed E-state index contributed by atoms with van der Waals surface area (Å²) in [6.45, 7) is -0.352. The molecule has 3 aromatic rings. The number of anilines is 1. The number of benzene rings is 2. The van der Waals surface area contributed by atoms with Gasteiger partial charge in [-0.15, -0.1) is 11.3 Å². The number of carbonyl (C=O) groups excluding carboxylic acids is 1. The third-order valence-electron chi connectivity index (χ3n) is 4.61. The summed E-state index contributed by atoms with van der Waals surface area (Å²) in [7, 11) is 0. The number of hydrazine groups is 1. The number of aliphatic hydroxyl groups excluding tert-OH is 1. The van der Waals surface area contributed by atoms with Crippen molar-refractivity contribution < 1.29 is 9.90 Å². The van der Waals surface area contributed by atoms with Gasteiger partial charge in [0.2, 0.25) is 5.91 Å². The zero-order chi connectivity index (χ0) is 19.8. The van der Waals surface area contributed by atoms with E-state index in [2.05, 4.69) is 52.5 Å². The molecule has 0 aliphatic rings. The number of hydrogen-bond donors (Lipinski definition) is 4. The van der Waals surface area contributed by atoms with Crippen molar-refractivity contribution in [1.29, 1.82) is 0 Å². The van der Waals surface area contributed by atoms with E-state index >= 15 is 0 Å². The van der Waals surface area contributed by atoms with Gasteiger partial charge in [-0.05, 0) is 59.5 Å². The predicted octanol–water partition coefficient (Wildman–Crippen LogP) is 3.35. The highest BCUT2D eigenvalue weighted by atomic mass is 32.1. The van der Waals surface area contributed by atoms with Gasteiger partial charge in [0.15, 0.2) is 0 Å². The van der Waals surface area contributed by atoms with Crippen molar-refractivity contribution in [2.24, 2.45) is 5.84 Å². The van der Waals surface area contributed by atoms with Crippen LogP contribution in [0.3, 0.4) is 0 Å². The van der Waals surface area contributed by atoms with Gasteiger partial charge in [-0.1, -0.05) is 42.5 Å². The number of nitrogens with two attached hydrogens (primary N) is 1. The average molecular weight is 396 g/mol. The molecule has 0 saturated carbocycles. The summed E-state index contributed by atoms with van der Waals surface area (Å²) in [4.78, 5) is 13.2. The van der Waals surface area contributed by atoms with Gasteiger partial charge in [-0.3, -0.25) is 10.6 Å². The van der Waals surface area contributed by atoms with Gasteiger partial charge >= 0.3 is 0 Å². The SMILES string of the molecule is NN[C@@H](CO)C(=O)Nc1ccc(CCCc2ccc(-c3cccs3)cc2)cc1. The molecule has 3 rings (SSSR count). The number of amides is 1. The first-order valence-corrected chi connectivity index (χ1v) is 10.2. The molecule has 1 amide bonds. The number of thiophene rings is 1. The second-order valence-corrected chi connectivity index (χ2v) is 7.56. The summed E-state index contributed by atoms with van der Waals surface area (Å²) in [6.07, 6.45) is 3.07. The smallest absolute Gasteiger partial charge is 0.245 e. The van der Waals surface area contributed by atoms with Gasteiger partial charge in [0.05, 0.1) is 6.61 Å². The summed E-state index contributed by atoms with van der Waals surface area (Å²) in [5.41, 5.74) is 6.80. The maximum absolute atomic E-state index is 11.9. The van der Waals surface area contributed by atoms with Crippen LogP contribution in [-0.4, -0.2) is 23.7 Å². The fourth-order valence-corrected chi connectivity index (χ4v) is 3.70. The molecule has 6 heteroatoms. The molecule has 0 fully saturated rings. The molecule has 0 spiro atoms. The lowest BCUT2D eigenvalue weighted by atomic mass is 10.0. The van der Waals surface area contributed by atoms with E-state index in [4.69, 9.17) is 10.9 Å².